The number of alkyl halides is 1. The van der Waals surface area contributed by atoms with Gasteiger partial charge in [-0.05, 0) is 39.8 Å². The third-order valence-electron chi connectivity index (χ3n) is 2.93. The highest BCUT2D eigenvalue weighted by molar-refractivity contribution is 9.09. The Labute approximate surface area is 84.6 Å². The highest BCUT2D eigenvalue weighted by Crippen LogP contribution is 2.33. The van der Waals surface area contributed by atoms with Crippen LogP contribution in [0.15, 0.2) is 0 Å². The van der Waals surface area contributed by atoms with E-state index in [9.17, 15) is 0 Å². The van der Waals surface area contributed by atoms with Gasteiger partial charge < -0.3 is 4.90 Å². The molecule has 2 heteroatoms. The van der Waals surface area contributed by atoms with Crippen LogP contribution in [-0.2, 0) is 0 Å². The quantitative estimate of drug-likeness (QED) is 0.661. The number of halogens is 1. The van der Waals surface area contributed by atoms with Gasteiger partial charge in [0.25, 0.3) is 0 Å². The maximum Gasteiger partial charge on any atom is 0.0246 e. The van der Waals surface area contributed by atoms with Gasteiger partial charge >= 0.3 is 0 Å². The van der Waals surface area contributed by atoms with Crippen LogP contribution < -0.4 is 0 Å². The van der Waals surface area contributed by atoms with Crippen molar-refractivity contribution in [2.24, 2.45) is 5.92 Å². The van der Waals surface area contributed by atoms with Crippen molar-refractivity contribution < 1.29 is 0 Å². The molecule has 1 aliphatic carbocycles. The Kier molecular flexibility index (Phi) is 3.59. The molecule has 0 amide bonds. The zero-order valence-electron chi connectivity index (χ0n) is 8.44. The third-order valence-corrected chi connectivity index (χ3v) is 4.30. The average molecular weight is 234 g/mol. The predicted molar refractivity (Wildman–Crippen MR) is 57.8 cm³/mol. The number of hydrogen-bond donors (Lipinski definition) is 0. The van der Waals surface area contributed by atoms with E-state index in [2.05, 4.69) is 41.7 Å². The topological polar surface area (TPSA) is 3.24 Å². The minimum Gasteiger partial charge on any atom is -0.300 e. The smallest absolute Gasteiger partial charge is 0.0246 e. The zero-order valence-corrected chi connectivity index (χ0v) is 10.0. The first kappa shape index (κ1) is 10.5. The molecule has 0 unspecified atom stereocenters. The molecule has 72 valence electrons. The summed E-state index contributed by atoms with van der Waals surface area (Å²) in [6.45, 7) is 5.83. The van der Waals surface area contributed by atoms with Gasteiger partial charge in [0.05, 0.1) is 0 Å². The molecule has 12 heavy (non-hydrogen) atoms. The molecule has 0 aromatic carbocycles. The lowest BCUT2D eigenvalue weighted by atomic mass is 10.1. The third kappa shape index (κ3) is 3.06. The Balaban J connectivity index is 2.20. The SMILES string of the molecule is CN(CCC1CC1)C(C)(C)CBr. The zero-order chi connectivity index (χ0) is 9.19. The molecular formula is C10H20BrN. The van der Waals surface area contributed by atoms with Gasteiger partial charge in [-0.2, -0.15) is 0 Å². The lowest BCUT2D eigenvalue weighted by molar-refractivity contribution is 0.177. The molecule has 0 heterocycles. The van der Waals surface area contributed by atoms with Crippen LogP contribution in [0, 0.1) is 5.92 Å². The highest BCUT2D eigenvalue weighted by atomic mass is 79.9. The summed E-state index contributed by atoms with van der Waals surface area (Å²) in [7, 11) is 2.23. The van der Waals surface area contributed by atoms with Crippen molar-refractivity contribution in [3.8, 4) is 0 Å². The Morgan fingerprint density at radius 2 is 2.00 bits per heavy atom. The fourth-order valence-corrected chi connectivity index (χ4v) is 1.62. The van der Waals surface area contributed by atoms with Crippen LogP contribution in [0.1, 0.15) is 33.1 Å². The first-order chi connectivity index (χ1) is 5.56. The van der Waals surface area contributed by atoms with E-state index in [1.165, 1.54) is 25.8 Å². The second-order valence-corrected chi connectivity index (χ2v) is 5.16. The highest BCUT2D eigenvalue weighted by Gasteiger charge is 2.25. The molecule has 0 atom stereocenters. The van der Waals surface area contributed by atoms with Gasteiger partial charge in [0.1, 0.15) is 0 Å². The molecule has 1 aliphatic rings. The first-order valence-corrected chi connectivity index (χ1v) is 5.95. The molecular weight excluding hydrogens is 214 g/mol. The molecule has 0 radical (unpaired) electrons. The van der Waals surface area contributed by atoms with E-state index in [-0.39, 0.29) is 0 Å². The summed E-state index contributed by atoms with van der Waals surface area (Å²) in [4.78, 5) is 2.46. The second-order valence-electron chi connectivity index (χ2n) is 4.60. The summed E-state index contributed by atoms with van der Waals surface area (Å²) < 4.78 is 0. The van der Waals surface area contributed by atoms with Crippen LogP contribution in [-0.4, -0.2) is 29.4 Å². The van der Waals surface area contributed by atoms with Crippen LogP contribution in [0.2, 0.25) is 0 Å². The van der Waals surface area contributed by atoms with Crippen molar-refractivity contribution in [1.29, 1.82) is 0 Å². The van der Waals surface area contributed by atoms with Crippen molar-refractivity contribution in [2.75, 3.05) is 18.9 Å². The van der Waals surface area contributed by atoms with Crippen molar-refractivity contribution in [2.45, 2.75) is 38.6 Å². The summed E-state index contributed by atoms with van der Waals surface area (Å²) in [5, 5.41) is 1.06. The van der Waals surface area contributed by atoms with Gasteiger partial charge in [0.2, 0.25) is 0 Å². The predicted octanol–water partition coefficient (Wildman–Crippen LogP) is 2.89. The van der Waals surface area contributed by atoms with Crippen molar-refractivity contribution in [3.05, 3.63) is 0 Å². The maximum atomic E-state index is 3.55. The molecule has 1 saturated carbocycles. The number of nitrogens with zero attached hydrogens (tertiary/aromatic N) is 1. The monoisotopic (exact) mass is 233 g/mol. The van der Waals surface area contributed by atoms with Gasteiger partial charge in [-0.25, -0.2) is 0 Å². The Morgan fingerprint density at radius 1 is 1.42 bits per heavy atom. The van der Waals surface area contributed by atoms with E-state index < -0.39 is 0 Å². The van der Waals surface area contributed by atoms with Crippen LogP contribution >= 0.6 is 15.9 Å². The lowest BCUT2D eigenvalue weighted by Crippen LogP contribution is -2.43. The van der Waals surface area contributed by atoms with Crippen LogP contribution in [0.25, 0.3) is 0 Å². The standard InChI is InChI=1S/C10H20BrN/c1-10(2,8-11)12(3)7-6-9-4-5-9/h9H,4-8H2,1-3H3. The number of hydrogen-bond acceptors (Lipinski definition) is 1. The van der Waals surface area contributed by atoms with Gasteiger partial charge in [0, 0.05) is 10.9 Å². The van der Waals surface area contributed by atoms with E-state index in [0.717, 1.165) is 11.2 Å². The Morgan fingerprint density at radius 3 is 2.42 bits per heavy atom. The number of rotatable bonds is 5. The second kappa shape index (κ2) is 4.10. The van der Waals surface area contributed by atoms with Crippen molar-refractivity contribution in [3.63, 3.8) is 0 Å². The molecule has 1 fully saturated rings. The lowest BCUT2D eigenvalue weighted by Gasteiger charge is -2.34. The molecule has 1 nitrogen and oxygen atoms in total. The summed E-state index contributed by atoms with van der Waals surface area (Å²) in [6, 6.07) is 0. The van der Waals surface area contributed by atoms with Gasteiger partial charge in [0.15, 0.2) is 0 Å². The van der Waals surface area contributed by atoms with E-state index in [1.54, 1.807) is 0 Å². The molecule has 0 aliphatic heterocycles. The van der Waals surface area contributed by atoms with Crippen molar-refractivity contribution >= 4 is 15.9 Å². The molecule has 0 N–H and O–H groups in total. The molecule has 0 aromatic heterocycles. The molecule has 0 aromatic rings. The average Bonchev–Trinajstić information content (AvgIpc) is 2.83. The van der Waals surface area contributed by atoms with Gasteiger partial charge in [-0.3, -0.25) is 0 Å². The summed E-state index contributed by atoms with van der Waals surface area (Å²) in [6.07, 6.45) is 4.35. The first-order valence-electron chi connectivity index (χ1n) is 4.83. The van der Waals surface area contributed by atoms with Crippen molar-refractivity contribution in [1.82, 2.24) is 4.90 Å². The minimum absolute atomic E-state index is 0.314. The Bertz CT molecular complexity index is 141. The summed E-state index contributed by atoms with van der Waals surface area (Å²) in [5.41, 5.74) is 0.314. The molecule has 0 saturated heterocycles. The molecule has 1 rings (SSSR count). The minimum atomic E-state index is 0.314. The van der Waals surface area contributed by atoms with Gasteiger partial charge in [-0.15, -0.1) is 0 Å². The van der Waals surface area contributed by atoms with Gasteiger partial charge in [-0.1, -0.05) is 28.8 Å². The Hall–Kier alpha value is 0.440. The van der Waals surface area contributed by atoms with E-state index >= 15 is 0 Å². The fraction of sp³-hybridized carbons (Fsp3) is 1.00. The van der Waals surface area contributed by atoms with E-state index in [1.807, 2.05) is 0 Å². The van der Waals surface area contributed by atoms with E-state index in [0.29, 0.717) is 5.54 Å². The molecule has 0 spiro atoms. The summed E-state index contributed by atoms with van der Waals surface area (Å²) >= 11 is 3.55. The van der Waals surface area contributed by atoms with Crippen LogP contribution in [0.5, 0.6) is 0 Å². The fourth-order valence-electron chi connectivity index (χ4n) is 1.19. The largest absolute Gasteiger partial charge is 0.300 e. The normalized spacial score (nSPS) is 18.8. The van der Waals surface area contributed by atoms with Crippen LogP contribution in [0.4, 0.5) is 0 Å². The van der Waals surface area contributed by atoms with Crippen LogP contribution in [0.3, 0.4) is 0 Å². The maximum absolute atomic E-state index is 3.55. The van der Waals surface area contributed by atoms with E-state index in [4.69, 9.17) is 0 Å². The summed E-state index contributed by atoms with van der Waals surface area (Å²) in [5.74, 6) is 1.05. The molecule has 0 bridgehead atoms.